The van der Waals surface area contributed by atoms with Gasteiger partial charge in [0.15, 0.2) is 0 Å². The summed E-state index contributed by atoms with van der Waals surface area (Å²) in [6.45, 7) is 0.563. The summed E-state index contributed by atoms with van der Waals surface area (Å²) in [4.78, 5) is 11.0. The van der Waals surface area contributed by atoms with Gasteiger partial charge in [-0.3, -0.25) is 4.79 Å². The molecule has 0 aromatic heterocycles. The highest BCUT2D eigenvalue weighted by molar-refractivity contribution is 5.67. The van der Waals surface area contributed by atoms with Crippen molar-refractivity contribution < 1.29 is 14.3 Å². The zero-order valence-electron chi connectivity index (χ0n) is 11.6. The molecular weight excluding hydrogens is 269 g/mol. The fraction of sp³-hybridized carbons (Fsp3) is 0.235. The smallest absolute Gasteiger partial charge is 0.304 e. The lowest BCUT2D eigenvalue weighted by molar-refractivity contribution is -0.137. The molecule has 0 aliphatic rings. The number of carboxylic acids is 1. The highest BCUT2D eigenvalue weighted by atomic mass is 19.1. The molecule has 110 valence electrons. The molecular formula is C17H18FNO2. The number of nitrogens with one attached hydrogen (secondary N) is 1. The minimum absolute atomic E-state index is 0.0405. The molecule has 0 spiro atoms. The van der Waals surface area contributed by atoms with Gasteiger partial charge in [0.05, 0.1) is 6.42 Å². The number of carbonyl (C=O) groups is 1. The minimum atomic E-state index is -0.892. The van der Waals surface area contributed by atoms with Crippen LogP contribution in [0.2, 0.25) is 0 Å². The summed E-state index contributed by atoms with van der Waals surface area (Å²) >= 11 is 0. The monoisotopic (exact) mass is 287 g/mol. The predicted molar refractivity (Wildman–Crippen MR) is 79.4 cm³/mol. The molecule has 0 aliphatic carbocycles. The molecule has 0 radical (unpaired) electrons. The molecule has 0 unspecified atom stereocenters. The summed E-state index contributed by atoms with van der Waals surface area (Å²) in [5.41, 5.74) is 1.60. The van der Waals surface area contributed by atoms with Crippen molar-refractivity contribution in [3.8, 4) is 0 Å². The van der Waals surface area contributed by atoms with Gasteiger partial charge < -0.3 is 10.4 Å². The van der Waals surface area contributed by atoms with Crippen LogP contribution >= 0.6 is 0 Å². The van der Waals surface area contributed by atoms with Crippen LogP contribution in [0.1, 0.15) is 17.5 Å². The highest BCUT2D eigenvalue weighted by Gasteiger charge is 2.15. The summed E-state index contributed by atoms with van der Waals surface area (Å²) in [7, 11) is 0. The maximum atomic E-state index is 13.7. The second-order valence-corrected chi connectivity index (χ2v) is 4.96. The van der Waals surface area contributed by atoms with E-state index >= 15 is 0 Å². The lowest BCUT2D eigenvalue weighted by Gasteiger charge is -2.17. The van der Waals surface area contributed by atoms with E-state index in [1.54, 1.807) is 18.2 Å². The van der Waals surface area contributed by atoms with Crippen LogP contribution in [0.3, 0.4) is 0 Å². The van der Waals surface area contributed by atoms with E-state index in [0.29, 0.717) is 18.5 Å². The van der Waals surface area contributed by atoms with Crippen molar-refractivity contribution in [2.75, 3.05) is 0 Å². The van der Waals surface area contributed by atoms with Crippen LogP contribution < -0.4 is 5.32 Å². The van der Waals surface area contributed by atoms with Gasteiger partial charge in [-0.15, -0.1) is 0 Å². The Labute approximate surface area is 123 Å². The zero-order valence-corrected chi connectivity index (χ0v) is 11.6. The fourth-order valence-electron chi connectivity index (χ4n) is 2.21. The first kappa shape index (κ1) is 15.2. The molecule has 0 amide bonds. The number of hydrogen-bond donors (Lipinski definition) is 2. The second-order valence-electron chi connectivity index (χ2n) is 4.96. The highest BCUT2D eigenvalue weighted by Crippen LogP contribution is 2.11. The zero-order chi connectivity index (χ0) is 15.1. The van der Waals surface area contributed by atoms with Crippen LogP contribution in [0.25, 0.3) is 0 Å². The quantitative estimate of drug-likeness (QED) is 0.823. The van der Waals surface area contributed by atoms with Gasteiger partial charge in [-0.2, -0.15) is 0 Å². The van der Waals surface area contributed by atoms with Crippen LogP contribution in [0.5, 0.6) is 0 Å². The summed E-state index contributed by atoms with van der Waals surface area (Å²) in [6.07, 6.45) is 0.312. The molecule has 0 heterocycles. The average molecular weight is 287 g/mol. The molecule has 3 nitrogen and oxygen atoms in total. The molecule has 0 aliphatic heterocycles. The molecule has 2 N–H and O–H groups in total. The van der Waals surface area contributed by atoms with Crippen molar-refractivity contribution in [2.45, 2.75) is 25.4 Å². The van der Waals surface area contributed by atoms with E-state index in [4.69, 9.17) is 5.11 Å². The Balaban J connectivity index is 2.01. The summed E-state index contributed by atoms with van der Waals surface area (Å²) in [6, 6.07) is 15.9. The summed E-state index contributed by atoms with van der Waals surface area (Å²) < 4.78 is 13.7. The van der Waals surface area contributed by atoms with Gasteiger partial charge in [0.2, 0.25) is 0 Å². The number of benzene rings is 2. The van der Waals surface area contributed by atoms with Gasteiger partial charge in [-0.05, 0) is 23.6 Å². The van der Waals surface area contributed by atoms with Gasteiger partial charge in [0.25, 0.3) is 0 Å². The standard InChI is InChI=1S/C17H18FNO2/c18-16-9-5-4-8-14(16)10-15(11-17(20)21)19-12-13-6-2-1-3-7-13/h1-9,15,19H,10-12H2,(H,20,21)/t15-/m1/s1. The second kappa shape index (κ2) is 7.55. The SMILES string of the molecule is O=C(O)C[C@@H](Cc1ccccc1F)NCc1ccccc1. The van der Waals surface area contributed by atoms with E-state index in [1.807, 2.05) is 30.3 Å². The Hall–Kier alpha value is -2.20. The molecule has 21 heavy (non-hydrogen) atoms. The van der Waals surface area contributed by atoms with E-state index in [1.165, 1.54) is 6.07 Å². The molecule has 2 aromatic carbocycles. The molecule has 4 heteroatoms. The Morgan fingerprint density at radius 2 is 1.76 bits per heavy atom. The molecule has 1 atom stereocenters. The Morgan fingerprint density at radius 1 is 1.10 bits per heavy atom. The summed E-state index contributed by atoms with van der Waals surface area (Å²) in [5.74, 6) is -1.19. The first-order chi connectivity index (χ1) is 10.1. The topological polar surface area (TPSA) is 49.3 Å². The molecule has 2 rings (SSSR count). The van der Waals surface area contributed by atoms with Crippen LogP contribution in [-0.4, -0.2) is 17.1 Å². The normalized spacial score (nSPS) is 12.0. The molecule has 2 aromatic rings. The first-order valence-electron chi connectivity index (χ1n) is 6.87. The van der Waals surface area contributed by atoms with Crippen LogP contribution in [0.4, 0.5) is 4.39 Å². The summed E-state index contributed by atoms with van der Waals surface area (Å²) in [5, 5.41) is 12.2. The third-order valence-corrected chi connectivity index (χ3v) is 3.28. The van der Waals surface area contributed by atoms with Crippen molar-refractivity contribution in [1.29, 1.82) is 0 Å². The maximum absolute atomic E-state index is 13.7. The lowest BCUT2D eigenvalue weighted by Crippen LogP contribution is -2.33. The van der Waals surface area contributed by atoms with Crippen LogP contribution in [0.15, 0.2) is 54.6 Å². The van der Waals surface area contributed by atoms with Gasteiger partial charge >= 0.3 is 5.97 Å². The van der Waals surface area contributed by atoms with Crippen molar-refractivity contribution in [3.05, 3.63) is 71.5 Å². The first-order valence-corrected chi connectivity index (χ1v) is 6.87. The number of aliphatic carboxylic acids is 1. The average Bonchev–Trinajstić information content (AvgIpc) is 2.48. The third-order valence-electron chi connectivity index (χ3n) is 3.28. The van der Waals surface area contributed by atoms with E-state index in [0.717, 1.165) is 5.56 Å². The van der Waals surface area contributed by atoms with Gasteiger partial charge in [0.1, 0.15) is 5.82 Å². The molecule has 0 saturated heterocycles. The Bertz CT molecular complexity index is 586. The number of rotatable bonds is 7. The third kappa shape index (κ3) is 5.00. The number of hydrogen-bond acceptors (Lipinski definition) is 2. The van der Waals surface area contributed by atoms with E-state index < -0.39 is 5.97 Å². The van der Waals surface area contributed by atoms with E-state index in [9.17, 15) is 9.18 Å². The fourth-order valence-corrected chi connectivity index (χ4v) is 2.21. The lowest BCUT2D eigenvalue weighted by atomic mass is 10.0. The van der Waals surface area contributed by atoms with E-state index in [-0.39, 0.29) is 18.3 Å². The van der Waals surface area contributed by atoms with Crippen LogP contribution in [-0.2, 0) is 17.8 Å². The van der Waals surface area contributed by atoms with Gasteiger partial charge in [-0.1, -0.05) is 48.5 Å². The van der Waals surface area contributed by atoms with Crippen molar-refractivity contribution in [2.24, 2.45) is 0 Å². The Kier molecular flexibility index (Phi) is 5.46. The van der Waals surface area contributed by atoms with E-state index in [2.05, 4.69) is 5.32 Å². The van der Waals surface area contributed by atoms with Crippen LogP contribution in [0, 0.1) is 5.82 Å². The van der Waals surface area contributed by atoms with Gasteiger partial charge in [0, 0.05) is 12.6 Å². The largest absolute Gasteiger partial charge is 0.481 e. The molecule has 0 saturated carbocycles. The molecule has 0 fully saturated rings. The van der Waals surface area contributed by atoms with Gasteiger partial charge in [-0.25, -0.2) is 4.39 Å². The predicted octanol–water partition coefficient (Wildman–Crippen LogP) is 3.00. The number of halogens is 1. The minimum Gasteiger partial charge on any atom is -0.481 e. The van der Waals surface area contributed by atoms with Crippen molar-refractivity contribution >= 4 is 5.97 Å². The van der Waals surface area contributed by atoms with Crippen molar-refractivity contribution in [1.82, 2.24) is 5.32 Å². The molecule has 0 bridgehead atoms. The number of carboxylic acid groups (broad SMARTS) is 1. The van der Waals surface area contributed by atoms with Crippen molar-refractivity contribution in [3.63, 3.8) is 0 Å². The Morgan fingerprint density at radius 3 is 2.43 bits per heavy atom. The maximum Gasteiger partial charge on any atom is 0.304 e.